The minimum absolute atomic E-state index is 0.0148. The Kier molecular flexibility index (Phi) is 5.61. The minimum atomic E-state index is -4.55. The van der Waals surface area contributed by atoms with Crippen LogP contribution in [0.3, 0.4) is 0 Å². The molecule has 2 N–H and O–H groups in total. The first-order valence-electron chi connectivity index (χ1n) is 9.23. The van der Waals surface area contributed by atoms with Crippen molar-refractivity contribution in [3.05, 3.63) is 70.0 Å². The predicted molar refractivity (Wildman–Crippen MR) is 113 cm³/mol. The number of thioether (sulfide) groups is 1. The van der Waals surface area contributed by atoms with E-state index in [-0.39, 0.29) is 10.7 Å². The lowest BCUT2D eigenvalue weighted by molar-refractivity contribution is -0.137. The van der Waals surface area contributed by atoms with Gasteiger partial charge in [0.1, 0.15) is 11.1 Å². The molecule has 0 radical (unpaired) electrons. The summed E-state index contributed by atoms with van der Waals surface area (Å²) in [5, 5.41) is 10.4. The Hall–Kier alpha value is -2.72. The minimum Gasteiger partial charge on any atom is -0.324 e. The lowest BCUT2D eigenvalue weighted by Crippen LogP contribution is -2.41. The molecule has 4 rings (SSSR count). The number of aryl methyl sites for hydroxylation is 2. The number of fused-ring (bicyclic) bond motifs is 1. The Morgan fingerprint density at radius 2 is 1.87 bits per heavy atom. The molecule has 0 aliphatic carbocycles. The van der Waals surface area contributed by atoms with E-state index in [4.69, 9.17) is 11.6 Å². The van der Waals surface area contributed by atoms with Gasteiger partial charge in [-0.2, -0.15) is 13.2 Å². The van der Waals surface area contributed by atoms with Crippen LogP contribution in [0.5, 0.6) is 0 Å². The van der Waals surface area contributed by atoms with Crippen molar-refractivity contribution in [2.24, 2.45) is 0 Å². The quantitative estimate of drug-likeness (QED) is 0.569. The predicted octanol–water partition coefficient (Wildman–Crippen LogP) is 4.96. The Morgan fingerprint density at radius 3 is 2.55 bits per heavy atom. The molecule has 0 saturated carbocycles. The molecule has 0 spiro atoms. The summed E-state index contributed by atoms with van der Waals surface area (Å²) in [6.07, 6.45) is -4.55. The fourth-order valence-electron chi connectivity index (χ4n) is 3.19. The van der Waals surface area contributed by atoms with Crippen LogP contribution in [0.15, 0.2) is 47.6 Å². The van der Waals surface area contributed by atoms with Crippen molar-refractivity contribution in [1.82, 2.24) is 14.9 Å². The average molecular weight is 468 g/mol. The molecule has 0 saturated heterocycles. The largest absolute Gasteiger partial charge is 0.416 e. The smallest absolute Gasteiger partial charge is 0.324 e. The third kappa shape index (κ3) is 4.35. The van der Waals surface area contributed by atoms with Crippen LogP contribution in [0.2, 0.25) is 5.02 Å². The molecular formula is C20H17ClF3N5OS. The molecule has 11 heteroatoms. The van der Waals surface area contributed by atoms with Crippen LogP contribution in [-0.2, 0) is 11.0 Å². The first kappa shape index (κ1) is 21.5. The summed E-state index contributed by atoms with van der Waals surface area (Å²) in [4.78, 5) is 13.2. The van der Waals surface area contributed by atoms with Gasteiger partial charge >= 0.3 is 6.18 Å². The molecule has 2 aromatic carbocycles. The van der Waals surface area contributed by atoms with Crippen LogP contribution < -0.4 is 10.7 Å². The number of halogens is 4. The molecule has 6 nitrogen and oxygen atoms in total. The highest BCUT2D eigenvalue weighted by Gasteiger charge is 2.38. The Balaban J connectivity index is 1.67. The van der Waals surface area contributed by atoms with Gasteiger partial charge in [-0.3, -0.25) is 4.79 Å². The van der Waals surface area contributed by atoms with Crippen molar-refractivity contribution in [3.8, 4) is 0 Å². The van der Waals surface area contributed by atoms with E-state index in [2.05, 4.69) is 20.9 Å². The van der Waals surface area contributed by atoms with E-state index < -0.39 is 28.9 Å². The highest BCUT2D eigenvalue weighted by atomic mass is 35.5. The summed E-state index contributed by atoms with van der Waals surface area (Å²) in [5.41, 5.74) is 4.15. The van der Waals surface area contributed by atoms with Crippen LogP contribution in [0, 0.1) is 13.8 Å². The molecule has 162 valence electrons. The average Bonchev–Trinajstić information content (AvgIpc) is 3.08. The molecule has 1 amide bonds. The Labute approximate surface area is 185 Å². The summed E-state index contributed by atoms with van der Waals surface area (Å²) in [6.45, 7) is 3.73. The fourth-order valence-corrected chi connectivity index (χ4v) is 4.48. The number of rotatable bonds is 3. The fraction of sp³-hybridized carbons (Fsp3) is 0.250. The van der Waals surface area contributed by atoms with E-state index in [0.717, 1.165) is 29.3 Å². The molecule has 0 unspecified atom stereocenters. The Bertz CT molecular complexity index is 1130. The standard InChI is InChI=1S/C20H17ClF3N5OS/c1-10-3-5-12(6-4-10)16-17(31-19-27-26-11(2)29(19)28-16)18(30)25-15-9-13(20(22,23)24)7-8-14(15)21/h3-9,16-17,28H,1-2H3,(H,25,30)/t16-,17+/m0/s1. The van der Waals surface area contributed by atoms with Gasteiger partial charge in [0.2, 0.25) is 11.1 Å². The third-order valence-corrected chi connectivity index (χ3v) is 6.39. The number of amides is 1. The monoisotopic (exact) mass is 467 g/mol. The molecule has 1 aliphatic rings. The van der Waals surface area contributed by atoms with Gasteiger partial charge in [-0.25, -0.2) is 4.68 Å². The number of carbonyl (C=O) groups excluding carboxylic acids is 1. The van der Waals surface area contributed by atoms with Crippen LogP contribution in [0.4, 0.5) is 18.9 Å². The first-order valence-corrected chi connectivity index (χ1v) is 10.5. The molecule has 1 aliphatic heterocycles. The van der Waals surface area contributed by atoms with Crippen molar-refractivity contribution < 1.29 is 18.0 Å². The molecular weight excluding hydrogens is 451 g/mol. The van der Waals surface area contributed by atoms with Crippen molar-refractivity contribution in [2.45, 2.75) is 36.5 Å². The molecule has 0 fully saturated rings. The number of alkyl halides is 3. The van der Waals surface area contributed by atoms with Crippen molar-refractivity contribution in [1.29, 1.82) is 0 Å². The Morgan fingerprint density at radius 1 is 1.16 bits per heavy atom. The van der Waals surface area contributed by atoms with Crippen LogP contribution >= 0.6 is 23.4 Å². The van der Waals surface area contributed by atoms with Gasteiger partial charge in [-0.1, -0.05) is 53.2 Å². The molecule has 3 aromatic rings. The van der Waals surface area contributed by atoms with Gasteiger partial charge in [0.25, 0.3) is 0 Å². The SMILES string of the molecule is Cc1ccc([C@@H]2Nn3c(C)nnc3S[C@H]2C(=O)Nc2cc(C(F)(F)F)ccc2Cl)cc1. The molecule has 0 bridgehead atoms. The normalized spacial score (nSPS) is 18.3. The number of carbonyl (C=O) groups is 1. The van der Waals surface area contributed by atoms with Crippen molar-refractivity contribution in [2.75, 3.05) is 10.7 Å². The zero-order valence-corrected chi connectivity index (χ0v) is 17.9. The van der Waals surface area contributed by atoms with E-state index in [0.29, 0.717) is 11.0 Å². The van der Waals surface area contributed by atoms with Gasteiger partial charge in [-0.15, -0.1) is 10.2 Å². The highest BCUT2D eigenvalue weighted by Crippen LogP contribution is 2.39. The maximum atomic E-state index is 13.2. The number of benzene rings is 2. The van der Waals surface area contributed by atoms with E-state index in [1.54, 1.807) is 11.6 Å². The summed E-state index contributed by atoms with van der Waals surface area (Å²) in [6, 6.07) is 9.99. The zero-order valence-electron chi connectivity index (χ0n) is 16.4. The van der Waals surface area contributed by atoms with E-state index in [1.807, 2.05) is 31.2 Å². The number of hydrogen-bond acceptors (Lipinski definition) is 5. The molecule has 31 heavy (non-hydrogen) atoms. The van der Waals surface area contributed by atoms with E-state index in [9.17, 15) is 18.0 Å². The van der Waals surface area contributed by atoms with Crippen LogP contribution in [0.25, 0.3) is 0 Å². The van der Waals surface area contributed by atoms with Crippen molar-refractivity contribution in [3.63, 3.8) is 0 Å². The van der Waals surface area contributed by atoms with Gasteiger partial charge in [0.05, 0.1) is 22.3 Å². The molecule has 1 aromatic heterocycles. The maximum absolute atomic E-state index is 13.2. The number of nitrogens with one attached hydrogen (secondary N) is 2. The van der Waals surface area contributed by atoms with E-state index >= 15 is 0 Å². The van der Waals surface area contributed by atoms with E-state index in [1.165, 1.54) is 11.8 Å². The van der Waals surface area contributed by atoms with Crippen LogP contribution in [0.1, 0.15) is 28.6 Å². The zero-order chi connectivity index (χ0) is 22.3. The summed E-state index contributed by atoms with van der Waals surface area (Å²) < 4.78 is 41.0. The summed E-state index contributed by atoms with van der Waals surface area (Å²) >= 11 is 7.23. The summed E-state index contributed by atoms with van der Waals surface area (Å²) in [7, 11) is 0. The molecule has 2 heterocycles. The second-order valence-electron chi connectivity index (χ2n) is 7.10. The number of aromatic nitrogens is 3. The number of hydrogen-bond donors (Lipinski definition) is 2. The number of nitrogens with zero attached hydrogens (tertiary/aromatic N) is 3. The topological polar surface area (TPSA) is 71.8 Å². The summed E-state index contributed by atoms with van der Waals surface area (Å²) in [5.74, 6) is 0.121. The van der Waals surface area contributed by atoms with Crippen LogP contribution in [-0.4, -0.2) is 26.0 Å². The first-order chi connectivity index (χ1) is 14.6. The van der Waals surface area contributed by atoms with Gasteiger partial charge in [0, 0.05) is 0 Å². The van der Waals surface area contributed by atoms with Crippen molar-refractivity contribution >= 4 is 35.0 Å². The second-order valence-corrected chi connectivity index (χ2v) is 8.62. The second kappa shape index (κ2) is 8.08. The lowest BCUT2D eigenvalue weighted by Gasteiger charge is -2.33. The number of anilines is 1. The third-order valence-electron chi connectivity index (χ3n) is 4.84. The van der Waals surface area contributed by atoms with Gasteiger partial charge in [-0.05, 0) is 37.6 Å². The molecule has 2 atom stereocenters. The maximum Gasteiger partial charge on any atom is 0.416 e. The van der Waals surface area contributed by atoms with Gasteiger partial charge < -0.3 is 10.7 Å². The highest BCUT2D eigenvalue weighted by molar-refractivity contribution is 8.00. The lowest BCUT2D eigenvalue weighted by atomic mass is 10.0. The van der Waals surface area contributed by atoms with Gasteiger partial charge in [0.15, 0.2) is 0 Å².